The van der Waals surface area contributed by atoms with E-state index in [0.717, 1.165) is 0 Å². The fourth-order valence-electron chi connectivity index (χ4n) is 5.17. The third-order valence-corrected chi connectivity index (χ3v) is 6.93. The molecule has 9 heteroatoms. The van der Waals surface area contributed by atoms with Crippen LogP contribution in [0.3, 0.4) is 0 Å². The maximum Gasteiger partial charge on any atom is 0.339 e. The summed E-state index contributed by atoms with van der Waals surface area (Å²) in [7, 11) is 0. The Bertz CT molecular complexity index is 1320. The predicted octanol–water partition coefficient (Wildman–Crippen LogP) is 4.44. The van der Waals surface area contributed by atoms with Gasteiger partial charge in [-0.05, 0) is 62.2 Å². The molecule has 1 unspecified atom stereocenters. The first-order valence-corrected chi connectivity index (χ1v) is 11.7. The number of ether oxygens (including phenoxy) is 1. The summed E-state index contributed by atoms with van der Waals surface area (Å²) in [4.78, 5) is 42.5. The van der Waals surface area contributed by atoms with Crippen molar-refractivity contribution < 1.29 is 19.1 Å². The van der Waals surface area contributed by atoms with Crippen LogP contribution >= 0.6 is 23.2 Å². The van der Waals surface area contributed by atoms with Crippen molar-refractivity contribution >= 4 is 52.2 Å². The minimum atomic E-state index is -1.76. The number of fused-ring (bicyclic) bond motifs is 3. The van der Waals surface area contributed by atoms with E-state index in [-0.39, 0.29) is 35.8 Å². The number of nitrogens with two attached hydrogens (primary N) is 1. The topological polar surface area (TPSA) is 102 Å². The van der Waals surface area contributed by atoms with E-state index < -0.39 is 17.3 Å². The molecule has 0 radical (unpaired) electrons. The number of nitrogens with one attached hydrogen (secondary N) is 1. The van der Waals surface area contributed by atoms with Gasteiger partial charge in [-0.15, -0.1) is 0 Å². The Kier molecular flexibility index (Phi) is 5.41. The van der Waals surface area contributed by atoms with Gasteiger partial charge in [0.05, 0.1) is 6.61 Å². The van der Waals surface area contributed by atoms with Crippen molar-refractivity contribution in [3.05, 3.63) is 80.7 Å². The van der Waals surface area contributed by atoms with E-state index in [4.69, 9.17) is 33.7 Å². The monoisotopic (exact) mass is 497 g/mol. The van der Waals surface area contributed by atoms with Crippen LogP contribution in [0.2, 0.25) is 10.0 Å². The Balaban J connectivity index is 1.90. The number of esters is 1. The van der Waals surface area contributed by atoms with Gasteiger partial charge in [-0.3, -0.25) is 14.5 Å². The van der Waals surface area contributed by atoms with Crippen LogP contribution in [-0.4, -0.2) is 24.3 Å². The van der Waals surface area contributed by atoms with Crippen molar-refractivity contribution in [2.24, 2.45) is 5.73 Å². The molecule has 0 saturated carbocycles. The first-order valence-electron chi connectivity index (χ1n) is 10.9. The molecule has 1 amide bonds. The van der Waals surface area contributed by atoms with Crippen LogP contribution in [0.4, 0.5) is 11.4 Å². The number of hydrogen-bond acceptors (Lipinski definition) is 6. The highest BCUT2D eigenvalue weighted by Crippen LogP contribution is 2.56. The van der Waals surface area contributed by atoms with Gasteiger partial charge in [0, 0.05) is 44.7 Å². The molecule has 2 aromatic carbocycles. The Morgan fingerprint density at radius 1 is 1.12 bits per heavy atom. The molecule has 7 nitrogen and oxygen atoms in total. The number of hydrogen-bond donors (Lipinski definition) is 2. The predicted molar refractivity (Wildman–Crippen MR) is 129 cm³/mol. The van der Waals surface area contributed by atoms with Crippen LogP contribution in [0.15, 0.2) is 65.1 Å². The molecular formula is C25H21Cl2N3O4. The summed E-state index contributed by atoms with van der Waals surface area (Å²) >= 11 is 12.4. The molecule has 2 heterocycles. The summed E-state index contributed by atoms with van der Waals surface area (Å²) in [5.41, 5.74) is 7.14. The molecule has 3 N–H and O–H groups in total. The van der Waals surface area contributed by atoms with Crippen LogP contribution in [0, 0.1) is 0 Å². The number of amides is 1. The van der Waals surface area contributed by atoms with Gasteiger partial charge in [0.25, 0.3) is 0 Å². The minimum Gasteiger partial charge on any atom is -0.462 e. The number of nitrogens with zero attached hydrogens (tertiary/aromatic N) is 1. The molecule has 0 fully saturated rings. The first-order chi connectivity index (χ1) is 16.3. The third-order valence-electron chi connectivity index (χ3n) is 6.44. The Labute approximate surface area is 206 Å². The number of Topliss-reactive ketones (excluding diaryl/α,β-unsaturated/α-hetero) is 1. The van der Waals surface area contributed by atoms with Crippen molar-refractivity contribution in [2.75, 3.05) is 16.8 Å². The van der Waals surface area contributed by atoms with Gasteiger partial charge in [-0.1, -0.05) is 23.2 Å². The zero-order valence-electron chi connectivity index (χ0n) is 18.3. The van der Waals surface area contributed by atoms with Gasteiger partial charge in [-0.2, -0.15) is 0 Å². The lowest BCUT2D eigenvalue weighted by Crippen LogP contribution is -2.53. The molecule has 3 aliphatic rings. The maximum absolute atomic E-state index is 13.8. The zero-order chi connectivity index (χ0) is 24.2. The average molecular weight is 498 g/mol. The molecule has 1 atom stereocenters. The second kappa shape index (κ2) is 8.18. The van der Waals surface area contributed by atoms with E-state index in [2.05, 4.69) is 5.32 Å². The Morgan fingerprint density at radius 3 is 2.53 bits per heavy atom. The molecule has 1 aliphatic carbocycles. The van der Waals surface area contributed by atoms with Crippen molar-refractivity contribution in [1.82, 2.24) is 0 Å². The molecule has 2 aromatic rings. The lowest BCUT2D eigenvalue weighted by molar-refractivity contribution is -0.140. The number of anilines is 2. The number of benzene rings is 2. The standard InChI is InChI=1S/C25H21Cl2N3O4/c1-2-34-23(32)21-22(28)30(15-9-6-13(26)7-10-15)18-4-3-5-19(31)20(18)25(21)16-12-14(27)8-11-17(16)29-24(25)33/h6-12H,2-5,28H2,1H3,(H,29,33). The highest BCUT2D eigenvalue weighted by Gasteiger charge is 2.62. The smallest absolute Gasteiger partial charge is 0.339 e. The number of halogens is 2. The van der Waals surface area contributed by atoms with E-state index in [1.165, 1.54) is 0 Å². The van der Waals surface area contributed by atoms with E-state index in [1.807, 2.05) is 0 Å². The molecule has 174 valence electrons. The summed E-state index contributed by atoms with van der Waals surface area (Å²) in [5, 5.41) is 3.72. The average Bonchev–Trinajstić information content (AvgIpc) is 3.07. The third kappa shape index (κ3) is 3.07. The van der Waals surface area contributed by atoms with E-state index >= 15 is 0 Å². The van der Waals surface area contributed by atoms with Crippen molar-refractivity contribution in [1.29, 1.82) is 0 Å². The van der Waals surface area contributed by atoms with E-state index in [1.54, 1.807) is 54.3 Å². The summed E-state index contributed by atoms with van der Waals surface area (Å²) in [6.45, 7) is 1.73. The van der Waals surface area contributed by atoms with Gasteiger partial charge in [0.15, 0.2) is 5.78 Å². The minimum absolute atomic E-state index is 0.0252. The molecule has 2 aliphatic heterocycles. The molecule has 0 aromatic heterocycles. The molecule has 0 bridgehead atoms. The summed E-state index contributed by atoms with van der Waals surface area (Å²) < 4.78 is 5.38. The number of carbonyl (C=O) groups is 3. The Hall–Kier alpha value is -3.29. The normalized spacial score (nSPS) is 21.6. The first kappa shape index (κ1) is 22.5. The van der Waals surface area contributed by atoms with Crippen LogP contribution in [0.5, 0.6) is 0 Å². The second-order valence-corrected chi connectivity index (χ2v) is 9.16. The number of ketones is 1. The molecule has 5 rings (SSSR count). The fraction of sp³-hybridized carbons (Fsp3) is 0.240. The largest absolute Gasteiger partial charge is 0.462 e. The van der Waals surface area contributed by atoms with Crippen LogP contribution < -0.4 is 16.0 Å². The number of rotatable bonds is 3. The highest BCUT2D eigenvalue weighted by molar-refractivity contribution is 6.31. The number of allylic oxidation sites excluding steroid dienone is 1. The molecular weight excluding hydrogens is 477 g/mol. The summed E-state index contributed by atoms with van der Waals surface area (Å²) in [6, 6.07) is 11.8. The maximum atomic E-state index is 13.8. The van der Waals surface area contributed by atoms with Crippen LogP contribution in [0.1, 0.15) is 31.7 Å². The molecule has 1 spiro atoms. The van der Waals surface area contributed by atoms with Gasteiger partial charge in [-0.25, -0.2) is 4.79 Å². The van der Waals surface area contributed by atoms with E-state index in [9.17, 15) is 14.4 Å². The summed E-state index contributed by atoms with van der Waals surface area (Å²) in [6.07, 6.45) is 1.32. The second-order valence-electron chi connectivity index (χ2n) is 8.28. The van der Waals surface area contributed by atoms with Crippen molar-refractivity contribution in [3.63, 3.8) is 0 Å². The van der Waals surface area contributed by atoms with E-state index in [0.29, 0.717) is 45.5 Å². The SMILES string of the molecule is CCOC(=O)C1=C(N)N(c2ccc(Cl)cc2)C2=C(C(=O)CCC2)C12C(=O)Nc1ccc(Cl)cc12. The lowest BCUT2D eigenvalue weighted by Gasteiger charge is -2.44. The highest BCUT2D eigenvalue weighted by atomic mass is 35.5. The molecule has 34 heavy (non-hydrogen) atoms. The van der Waals surface area contributed by atoms with Gasteiger partial charge in [0.1, 0.15) is 16.8 Å². The lowest BCUT2D eigenvalue weighted by atomic mass is 9.63. The van der Waals surface area contributed by atoms with Gasteiger partial charge in [0.2, 0.25) is 5.91 Å². The zero-order valence-corrected chi connectivity index (χ0v) is 19.8. The van der Waals surface area contributed by atoms with Crippen molar-refractivity contribution in [3.8, 4) is 0 Å². The van der Waals surface area contributed by atoms with Gasteiger partial charge >= 0.3 is 5.97 Å². The molecule has 0 saturated heterocycles. The number of carbonyl (C=O) groups excluding carboxylic acids is 3. The fourth-order valence-corrected chi connectivity index (χ4v) is 5.47. The Morgan fingerprint density at radius 2 is 1.82 bits per heavy atom. The summed E-state index contributed by atoms with van der Waals surface area (Å²) in [5.74, 6) is -1.50. The van der Waals surface area contributed by atoms with Gasteiger partial charge < -0.3 is 15.8 Å². The van der Waals surface area contributed by atoms with Crippen molar-refractivity contribution in [2.45, 2.75) is 31.6 Å². The van der Waals surface area contributed by atoms with Crippen LogP contribution in [0.25, 0.3) is 0 Å². The quantitative estimate of drug-likeness (QED) is 0.607. The van der Waals surface area contributed by atoms with Crippen LogP contribution in [-0.2, 0) is 24.5 Å².